The summed E-state index contributed by atoms with van der Waals surface area (Å²) in [6.07, 6.45) is 1.98. The number of carbonyl (C=O) groups is 1. The second-order valence-corrected chi connectivity index (χ2v) is 5.38. The predicted octanol–water partition coefficient (Wildman–Crippen LogP) is 1.24. The fraction of sp³-hybridized carbons (Fsp3) is 0.438. The van der Waals surface area contributed by atoms with Gasteiger partial charge in [-0.1, -0.05) is 12.1 Å². The highest BCUT2D eigenvalue weighted by atomic mass is 16.5. The highest BCUT2D eigenvalue weighted by Crippen LogP contribution is 2.19. The molecule has 0 atom stereocenters. The average molecular weight is 287 g/mol. The van der Waals surface area contributed by atoms with Crippen molar-refractivity contribution in [1.29, 1.82) is 0 Å². The lowest BCUT2D eigenvalue weighted by atomic mass is 10.1. The van der Waals surface area contributed by atoms with Crippen LogP contribution in [0.2, 0.25) is 0 Å². The number of aryl methyl sites for hydroxylation is 1. The molecule has 1 aliphatic rings. The molecule has 2 heterocycles. The van der Waals surface area contributed by atoms with Gasteiger partial charge in [-0.05, 0) is 12.1 Å². The number of hydrogen-bond donors (Lipinski definition) is 1. The van der Waals surface area contributed by atoms with E-state index in [1.807, 2.05) is 42.1 Å². The zero-order chi connectivity index (χ0) is 14.7. The molecule has 1 amide bonds. The lowest BCUT2D eigenvalue weighted by molar-refractivity contribution is 0.0383. The molecule has 5 heteroatoms. The van der Waals surface area contributed by atoms with E-state index in [2.05, 4.69) is 10.2 Å². The normalized spacial score (nSPS) is 16.2. The van der Waals surface area contributed by atoms with Gasteiger partial charge in [-0.3, -0.25) is 9.69 Å². The van der Waals surface area contributed by atoms with Crippen molar-refractivity contribution in [2.45, 2.75) is 0 Å². The van der Waals surface area contributed by atoms with Crippen LogP contribution in [0.3, 0.4) is 0 Å². The minimum absolute atomic E-state index is 0.00402. The number of nitrogens with zero attached hydrogens (tertiary/aromatic N) is 2. The maximum absolute atomic E-state index is 12.4. The van der Waals surface area contributed by atoms with Gasteiger partial charge in [0.15, 0.2) is 0 Å². The lowest BCUT2D eigenvalue weighted by Crippen LogP contribution is -2.41. The summed E-state index contributed by atoms with van der Waals surface area (Å²) in [4.78, 5) is 14.7. The first-order valence-corrected chi connectivity index (χ1v) is 7.38. The van der Waals surface area contributed by atoms with Gasteiger partial charge in [-0.25, -0.2) is 0 Å². The molecule has 1 N–H and O–H groups in total. The molecule has 1 aromatic carbocycles. The van der Waals surface area contributed by atoms with Crippen molar-refractivity contribution in [2.24, 2.45) is 7.05 Å². The maximum Gasteiger partial charge on any atom is 0.253 e. The van der Waals surface area contributed by atoms with Gasteiger partial charge in [0.25, 0.3) is 5.91 Å². The van der Waals surface area contributed by atoms with Crippen LogP contribution in [-0.2, 0) is 11.8 Å². The van der Waals surface area contributed by atoms with E-state index in [9.17, 15) is 4.79 Å². The number of carbonyl (C=O) groups excluding carboxylic acids is 1. The van der Waals surface area contributed by atoms with Gasteiger partial charge in [0.05, 0.1) is 24.3 Å². The van der Waals surface area contributed by atoms with Gasteiger partial charge in [-0.2, -0.15) is 0 Å². The first-order chi connectivity index (χ1) is 10.3. The van der Waals surface area contributed by atoms with E-state index < -0.39 is 0 Å². The second-order valence-electron chi connectivity index (χ2n) is 5.38. The van der Waals surface area contributed by atoms with Gasteiger partial charge < -0.3 is 14.6 Å². The fourth-order valence-electron chi connectivity index (χ4n) is 2.79. The Kier molecular flexibility index (Phi) is 4.22. The lowest BCUT2D eigenvalue weighted by Gasteiger charge is -2.26. The third kappa shape index (κ3) is 3.09. The van der Waals surface area contributed by atoms with Crippen LogP contribution in [0.25, 0.3) is 10.9 Å². The van der Waals surface area contributed by atoms with Crippen molar-refractivity contribution in [3.63, 3.8) is 0 Å². The molecule has 0 radical (unpaired) electrons. The van der Waals surface area contributed by atoms with Crippen LogP contribution >= 0.6 is 0 Å². The van der Waals surface area contributed by atoms with Gasteiger partial charge >= 0.3 is 0 Å². The van der Waals surface area contributed by atoms with E-state index in [-0.39, 0.29) is 5.91 Å². The van der Waals surface area contributed by atoms with Crippen LogP contribution in [0.5, 0.6) is 0 Å². The topological polar surface area (TPSA) is 46.5 Å². The van der Waals surface area contributed by atoms with E-state index in [1.54, 1.807) is 0 Å². The summed E-state index contributed by atoms with van der Waals surface area (Å²) in [6.45, 7) is 5.01. The molecule has 21 heavy (non-hydrogen) atoms. The first-order valence-electron chi connectivity index (χ1n) is 7.38. The van der Waals surface area contributed by atoms with Gasteiger partial charge in [0.1, 0.15) is 0 Å². The van der Waals surface area contributed by atoms with Crippen molar-refractivity contribution in [1.82, 2.24) is 14.8 Å². The molecule has 1 saturated heterocycles. The van der Waals surface area contributed by atoms with Gasteiger partial charge in [0, 0.05) is 44.8 Å². The number of nitrogens with one attached hydrogen (secondary N) is 1. The third-order valence-corrected chi connectivity index (χ3v) is 3.96. The first kappa shape index (κ1) is 14.1. The van der Waals surface area contributed by atoms with Crippen molar-refractivity contribution in [3.8, 4) is 0 Å². The Morgan fingerprint density at radius 3 is 2.90 bits per heavy atom. The number of para-hydroxylation sites is 1. The van der Waals surface area contributed by atoms with Crippen molar-refractivity contribution in [2.75, 3.05) is 39.4 Å². The number of hydrogen-bond acceptors (Lipinski definition) is 3. The minimum Gasteiger partial charge on any atom is -0.379 e. The summed E-state index contributed by atoms with van der Waals surface area (Å²) in [5.74, 6) is -0.00402. The van der Waals surface area contributed by atoms with Crippen molar-refractivity contribution >= 4 is 16.8 Å². The second kappa shape index (κ2) is 6.28. The summed E-state index contributed by atoms with van der Waals surface area (Å²) in [6, 6.07) is 7.87. The van der Waals surface area contributed by atoms with Crippen LogP contribution in [0.1, 0.15) is 10.4 Å². The minimum atomic E-state index is -0.00402. The zero-order valence-electron chi connectivity index (χ0n) is 12.3. The Hall–Kier alpha value is -1.85. The molecule has 0 saturated carbocycles. The van der Waals surface area contributed by atoms with Gasteiger partial charge in [-0.15, -0.1) is 0 Å². The third-order valence-electron chi connectivity index (χ3n) is 3.96. The smallest absolute Gasteiger partial charge is 0.253 e. The number of benzene rings is 1. The number of rotatable bonds is 4. The largest absolute Gasteiger partial charge is 0.379 e. The Morgan fingerprint density at radius 1 is 1.29 bits per heavy atom. The predicted molar refractivity (Wildman–Crippen MR) is 82.5 cm³/mol. The molecule has 0 aliphatic carbocycles. The summed E-state index contributed by atoms with van der Waals surface area (Å²) in [5, 5.41) is 4.12. The van der Waals surface area contributed by atoms with Crippen LogP contribution in [0, 0.1) is 0 Å². The Labute approximate surface area is 124 Å². The summed E-state index contributed by atoms with van der Waals surface area (Å²) in [5.41, 5.74) is 1.73. The molecule has 1 fully saturated rings. The summed E-state index contributed by atoms with van der Waals surface area (Å²) < 4.78 is 7.31. The van der Waals surface area contributed by atoms with E-state index in [1.165, 1.54) is 0 Å². The Morgan fingerprint density at radius 2 is 2.10 bits per heavy atom. The number of aromatic nitrogens is 1. The molecule has 3 rings (SSSR count). The number of amides is 1. The Balaban J connectivity index is 1.63. The SMILES string of the molecule is Cn1ccc2cccc(C(=O)NCCN3CCOCC3)c21. The van der Waals surface area contributed by atoms with Crippen LogP contribution < -0.4 is 5.32 Å². The number of ether oxygens (including phenoxy) is 1. The fourth-order valence-corrected chi connectivity index (χ4v) is 2.79. The molecule has 0 unspecified atom stereocenters. The molecular weight excluding hydrogens is 266 g/mol. The summed E-state index contributed by atoms with van der Waals surface area (Å²) in [7, 11) is 1.97. The molecule has 0 spiro atoms. The highest BCUT2D eigenvalue weighted by Gasteiger charge is 2.13. The standard InChI is InChI=1S/C16H21N3O2/c1-18-7-5-13-3-2-4-14(15(13)18)16(20)17-6-8-19-9-11-21-12-10-19/h2-5,7H,6,8-12H2,1H3,(H,17,20). The monoisotopic (exact) mass is 287 g/mol. The average Bonchev–Trinajstić information content (AvgIpc) is 2.90. The number of morpholine rings is 1. The van der Waals surface area contributed by atoms with E-state index in [0.29, 0.717) is 6.54 Å². The highest BCUT2D eigenvalue weighted by molar-refractivity contribution is 6.05. The quantitative estimate of drug-likeness (QED) is 0.920. The van der Waals surface area contributed by atoms with Gasteiger partial charge in [0.2, 0.25) is 0 Å². The van der Waals surface area contributed by atoms with E-state index in [0.717, 1.165) is 49.3 Å². The van der Waals surface area contributed by atoms with Crippen LogP contribution in [0.15, 0.2) is 30.5 Å². The van der Waals surface area contributed by atoms with E-state index >= 15 is 0 Å². The van der Waals surface area contributed by atoms with Crippen LogP contribution in [0.4, 0.5) is 0 Å². The molecule has 1 aromatic heterocycles. The van der Waals surface area contributed by atoms with Crippen molar-refractivity contribution in [3.05, 3.63) is 36.0 Å². The maximum atomic E-state index is 12.4. The molecule has 0 bridgehead atoms. The molecule has 1 aliphatic heterocycles. The number of fused-ring (bicyclic) bond motifs is 1. The summed E-state index contributed by atoms with van der Waals surface area (Å²) >= 11 is 0. The van der Waals surface area contributed by atoms with Crippen LogP contribution in [-0.4, -0.2) is 54.8 Å². The zero-order valence-corrected chi connectivity index (χ0v) is 12.3. The van der Waals surface area contributed by atoms with Crippen molar-refractivity contribution < 1.29 is 9.53 Å². The molecular formula is C16H21N3O2. The molecule has 112 valence electrons. The molecule has 2 aromatic rings. The molecule has 5 nitrogen and oxygen atoms in total. The van der Waals surface area contributed by atoms with E-state index in [4.69, 9.17) is 4.74 Å². The Bertz CT molecular complexity index is 629.